The van der Waals surface area contributed by atoms with Gasteiger partial charge in [0.05, 0.1) is 5.69 Å². The number of nitrogens with zero attached hydrogens (tertiary/aromatic N) is 1. The van der Waals surface area contributed by atoms with E-state index in [9.17, 15) is 0 Å². The molecule has 1 aromatic heterocycles. The average molecular weight is 660 g/mol. The van der Waals surface area contributed by atoms with E-state index in [-0.39, 0.29) is 10.8 Å². The summed E-state index contributed by atoms with van der Waals surface area (Å²) >= 11 is 0. The molecule has 9 rings (SSSR count). The first kappa shape index (κ1) is 31.1. The molecule has 8 aromatic rings. The fourth-order valence-corrected chi connectivity index (χ4v) is 8.11. The Morgan fingerprint density at radius 3 is 2.02 bits per heavy atom. The van der Waals surface area contributed by atoms with E-state index in [0.717, 1.165) is 39.0 Å². The van der Waals surface area contributed by atoms with Crippen molar-refractivity contribution in [2.45, 2.75) is 45.4 Å². The average Bonchev–Trinajstić information content (AvgIpc) is 3.63. The first-order valence-corrected chi connectivity index (χ1v) is 17.9. The Morgan fingerprint density at radius 2 is 1.18 bits per heavy atom. The third kappa shape index (κ3) is 5.09. The highest BCUT2D eigenvalue weighted by molar-refractivity contribution is 6.07. The highest BCUT2D eigenvalue weighted by Gasteiger charge is 2.38. The van der Waals surface area contributed by atoms with E-state index in [1.807, 2.05) is 12.1 Å². The lowest BCUT2D eigenvalue weighted by atomic mass is 9.79. The molecule has 0 aliphatic heterocycles. The molecule has 0 unspecified atom stereocenters. The molecule has 1 aliphatic carbocycles. The fourth-order valence-electron chi connectivity index (χ4n) is 8.11. The number of anilines is 3. The normalized spacial score (nSPS) is 13.4. The lowest BCUT2D eigenvalue weighted by molar-refractivity contribution is 0.584. The molecule has 51 heavy (non-hydrogen) atoms. The zero-order valence-electron chi connectivity index (χ0n) is 29.9. The van der Waals surface area contributed by atoms with Crippen molar-refractivity contribution in [3.8, 4) is 33.4 Å². The van der Waals surface area contributed by atoms with Crippen LogP contribution in [0.5, 0.6) is 0 Å². The molecule has 1 aliphatic rings. The van der Waals surface area contributed by atoms with Gasteiger partial charge in [0.25, 0.3) is 0 Å². The molecule has 0 N–H and O–H groups in total. The van der Waals surface area contributed by atoms with E-state index in [0.29, 0.717) is 0 Å². The summed E-state index contributed by atoms with van der Waals surface area (Å²) in [6, 6.07) is 57.4. The minimum atomic E-state index is -0.117. The van der Waals surface area contributed by atoms with Crippen molar-refractivity contribution < 1.29 is 4.42 Å². The van der Waals surface area contributed by atoms with E-state index in [2.05, 4.69) is 185 Å². The number of hydrogen-bond acceptors (Lipinski definition) is 2. The first-order chi connectivity index (χ1) is 24.7. The van der Waals surface area contributed by atoms with E-state index >= 15 is 0 Å². The number of para-hydroxylation sites is 2. The number of furan rings is 1. The SMILES string of the molecule is CC(C)(C)c1ccc2c(c1)C(C)(C)c1cccc(-c3ccccc3N(c3cccc(-c4ccccc4)c3)c3ccc4oc5ccccc5c4c3)c1-2. The van der Waals surface area contributed by atoms with Gasteiger partial charge >= 0.3 is 0 Å². The third-order valence-electron chi connectivity index (χ3n) is 10.8. The molecular formula is C49H41NO. The summed E-state index contributed by atoms with van der Waals surface area (Å²) in [4.78, 5) is 2.42. The fraction of sp³-hybridized carbons (Fsp3) is 0.143. The molecule has 7 aromatic carbocycles. The van der Waals surface area contributed by atoms with Gasteiger partial charge in [-0.2, -0.15) is 0 Å². The first-order valence-electron chi connectivity index (χ1n) is 17.9. The van der Waals surface area contributed by atoms with Crippen LogP contribution < -0.4 is 4.90 Å². The van der Waals surface area contributed by atoms with Gasteiger partial charge < -0.3 is 9.32 Å². The topological polar surface area (TPSA) is 16.4 Å². The molecule has 2 nitrogen and oxygen atoms in total. The summed E-state index contributed by atoms with van der Waals surface area (Å²) < 4.78 is 6.28. The molecule has 0 saturated heterocycles. The standard InChI is InChI=1S/C49H41NO/c1-48(2,3)34-25-27-40-43(30-34)49(4,5)42-22-14-21-39(47(40)42)37-19-9-11-23-44(37)50(35-18-13-17-33(29-35)32-15-7-6-8-16-32)36-26-28-46-41(31-36)38-20-10-12-24-45(38)51-46/h6-31H,1-5H3. The summed E-state index contributed by atoms with van der Waals surface area (Å²) in [6.07, 6.45) is 0. The maximum atomic E-state index is 6.28. The van der Waals surface area contributed by atoms with Gasteiger partial charge in [-0.25, -0.2) is 0 Å². The van der Waals surface area contributed by atoms with Crippen LogP contribution in [0.15, 0.2) is 162 Å². The van der Waals surface area contributed by atoms with E-state index in [1.165, 1.54) is 50.1 Å². The Hall–Kier alpha value is -5.86. The maximum absolute atomic E-state index is 6.28. The van der Waals surface area contributed by atoms with Crippen LogP contribution in [0, 0.1) is 0 Å². The van der Waals surface area contributed by atoms with Crippen LogP contribution in [0.3, 0.4) is 0 Å². The van der Waals surface area contributed by atoms with Crippen molar-refractivity contribution >= 4 is 39.0 Å². The largest absolute Gasteiger partial charge is 0.456 e. The van der Waals surface area contributed by atoms with Crippen LogP contribution in [-0.4, -0.2) is 0 Å². The Kier molecular flexibility index (Phi) is 7.09. The zero-order chi connectivity index (χ0) is 34.9. The summed E-state index contributed by atoms with van der Waals surface area (Å²) in [5.74, 6) is 0. The monoisotopic (exact) mass is 659 g/mol. The Labute approximate surface area is 300 Å². The smallest absolute Gasteiger partial charge is 0.135 e. The highest BCUT2D eigenvalue weighted by Crippen LogP contribution is 2.54. The zero-order valence-corrected chi connectivity index (χ0v) is 29.9. The molecule has 248 valence electrons. The molecule has 0 fully saturated rings. The van der Waals surface area contributed by atoms with Gasteiger partial charge in [-0.05, 0) is 92.4 Å². The highest BCUT2D eigenvalue weighted by atomic mass is 16.3. The van der Waals surface area contributed by atoms with Crippen molar-refractivity contribution in [1.82, 2.24) is 0 Å². The van der Waals surface area contributed by atoms with Gasteiger partial charge in [0, 0.05) is 33.1 Å². The van der Waals surface area contributed by atoms with Crippen molar-refractivity contribution in [2.75, 3.05) is 4.90 Å². The minimum absolute atomic E-state index is 0.0749. The molecule has 0 saturated carbocycles. The quantitative estimate of drug-likeness (QED) is 0.183. The van der Waals surface area contributed by atoms with Gasteiger partial charge in [0.1, 0.15) is 11.2 Å². The number of rotatable bonds is 5. The van der Waals surface area contributed by atoms with E-state index in [4.69, 9.17) is 4.42 Å². The third-order valence-corrected chi connectivity index (χ3v) is 10.8. The Morgan fingerprint density at radius 1 is 0.490 bits per heavy atom. The van der Waals surface area contributed by atoms with Gasteiger partial charge in [0.2, 0.25) is 0 Å². The lowest BCUT2D eigenvalue weighted by Gasteiger charge is -2.29. The van der Waals surface area contributed by atoms with Crippen molar-refractivity contribution in [2.24, 2.45) is 0 Å². The number of benzene rings is 7. The predicted molar refractivity (Wildman–Crippen MR) is 216 cm³/mol. The van der Waals surface area contributed by atoms with Crippen LogP contribution in [-0.2, 0) is 10.8 Å². The predicted octanol–water partition coefficient (Wildman–Crippen LogP) is 14.0. The molecule has 0 atom stereocenters. The van der Waals surface area contributed by atoms with Gasteiger partial charge in [-0.15, -0.1) is 0 Å². The van der Waals surface area contributed by atoms with Crippen molar-refractivity contribution in [3.05, 3.63) is 174 Å². The number of fused-ring (bicyclic) bond motifs is 6. The Bertz CT molecular complexity index is 2600. The van der Waals surface area contributed by atoms with Gasteiger partial charge in [0.15, 0.2) is 0 Å². The summed E-state index contributed by atoms with van der Waals surface area (Å²) in [5, 5.41) is 2.23. The summed E-state index contributed by atoms with van der Waals surface area (Å²) in [6.45, 7) is 11.7. The van der Waals surface area contributed by atoms with E-state index in [1.54, 1.807) is 0 Å². The van der Waals surface area contributed by atoms with Crippen LogP contribution >= 0.6 is 0 Å². The lowest BCUT2D eigenvalue weighted by Crippen LogP contribution is -2.17. The summed E-state index contributed by atoms with van der Waals surface area (Å²) in [7, 11) is 0. The van der Waals surface area contributed by atoms with Crippen LogP contribution in [0.1, 0.15) is 51.3 Å². The number of hydrogen-bond donors (Lipinski definition) is 0. The van der Waals surface area contributed by atoms with Crippen LogP contribution in [0.25, 0.3) is 55.3 Å². The molecule has 0 radical (unpaired) electrons. The summed E-state index contributed by atoms with van der Waals surface area (Å²) in [5.41, 5.74) is 16.7. The van der Waals surface area contributed by atoms with Gasteiger partial charge in [-0.1, -0.05) is 150 Å². The van der Waals surface area contributed by atoms with Crippen molar-refractivity contribution in [1.29, 1.82) is 0 Å². The molecule has 2 heteroatoms. The van der Waals surface area contributed by atoms with Crippen LogP contribution in [0.4, 0.5) is 17.1 Å². The second-order valence-corrected chi connectivity index (χ2v) is 15.4. The second kappa shape index (κ2) is 11.6. The Balaban J connectivity index is 1.29. The molecule has 0 amide bonds. The van der Waals surface area contributed by atoms with E-state index < -0.39 is 0 Å². The molecule has 0 bridgehead atoms. The van der Waals surface area contributed by atoms with Crippen LogP contribution in [0.2, 0.25) is 0 Å². The molecule has 1 heterocycles. The molecule has 0 spiro atoms. The van der Waals surface area contributed by atoms with Gasteiger partial charge in [-0.3, -0.25) is 0 Å². The second-order valence-electron chi connectivity index (χ2n) is 15.4. The molecular weight excluding hydrogens is 619 g/mol. The maximum Gasteiger partial charge on any atom is 0.135 e. The van der Waals surface area contributed by atoms with Crippen molar-refractivity contribution in [3.63, 3.8) is 0 Å². The minimum Gasteiger partial charge on any atom is -0.456 e.